The van der Waals surface area contributed by atoms with Crippen LogP contribution in [0.3, 0.4) is 0 Å². The van der Waals surface area contributed by atoms with Gasteiger partial charge in [-0.1, -0.05) is 32.0 Å². The van der Waals surface area contributed by atoms with Gasteiger partial charge in [-0.05, 0) is 17.0 Å². The van der Waals surface area contributed by atoms with E-state index in [2.05, 4.69) is 0 Å². The van der Waals surface area contributed by atoms with E-state index in [4.69, 9.17) is 5.11 Å². The summed E-state index contributed by atoms with van der Waals surface area (Å²) in [6.45, 7) is 3.87. The highest BCUT2D eigenvalue weighted by atomic mass is 19.4. The van der Waals surface area contributed by atoms with Crippen LogP contribution in [-0.4, -0.2) is 5.11 Å². The summed E-state index contributed by atoms with van der Waals surface area (Å²) in [6, 6.07) is 4.18. The van der Waals surface area contributed by atoms with Gasteiger partial charge < -0.3 is 5.11 Å². The van der Waals surface area contributed by atoms with Crippen molar-refractivity contribution in [1.29, 1.82) is 0 Å². The number of hydrogen-bond donors (Lipinski definition) is 1. The Hall–Kier alpha value is -1.03. The second-order valence-corrected chi connectivity index (χ2v) is 3.59. The molecule has 1 aromatic carbocycles. The molecule has 0 heterocycles. The van der Waals surface area contributed by atoms with E-state index in [1.165, 1.54) is 18.2 Å². The molecule has 0 aliphatic rings. The van der Waals surface area contributed by atoms with Gasteiger partial charge in [-0.2, -0.15) is 13.2 Å². The normalized spacial score (nSPS) is 12.2. The molecular formula is C11H12F3O. The van der Waals surface area contributed by atoms with Gasteiger partial charge in [0.1, 0.15) is 6.61 Å². The van der Waals surface area contributed by atoms with Crippen LogP contribution in [0.2, 0.25) is 0 Å². The highest BCUT2D eigenvalue weighted by molar-refractivity contribution is 5.41. The van der Waals surface area contributed by atoms with Crippen molar-refractivity contribution >= 4 is 0 Å². The molecule has 0 aromatic heterocycles. The monoisotopic (exact) mass is 217 g/mol. The van der Waals surface area contributed by atoms with Crippen LogP contribution in [0.5, 0.6) is 0 Å². The zero-order valence-corrected chi connectivity index (χ0v) is 8.47. The van der Waals surface area contributed by atoms with Gasteiger partial charge in [0.15, 0.2) is 0 Å². The van der Waals surface area contributed by atoms with Crippen LogP contribution < -0.4 is 0 Å². The summed E-state index contributed by atoms with van der Waals surface area (Å²) < 4.78 is 38.2. The summed E-state index contributed by atoms with van der Waals surface area (Å²) in [4.78, 5) is 0. The highest BCUT2D eigenvalue weighted by Crippen LogP contribution is 2.37. The molecule has 83 valence electrons. The summed E-state index contributed by atoms with van der Waals surface area (Å²) in [5, 5.41) is 8.76. The fourth-order valence-corrected chi connectivity index (χ4v) is 1.50. The van der Waals surface area contributed by atoms with E-state index in [-0.39, 0.29) is 17.0 Å². The van der Waals surface area contributed by atoms with Gasteiger partial charge in [-0.3, -0.25) is 0 Å². The van der Waals surface area contributed by atoms with Crippen molar-refractivity contribution in [3.05, 3.63) is 41.5 Å². The first-order valence-corrected chi connectivity index (χ1v) is 4.55. The third-order valence-corrected chi connectivity index (χ3v) is 2.17. The number of hydrogen-bond acceptors (Lipinski definition) is 1. The van der Waals surface area contributed by atoms with Crippen LogP contribution in [0.25, 0.3) is 0 Å². The highest BCUT2D eigenvalue weighted by Gasteiger charge is 2.36. The van der Waals surface area contributed by atoms with E-state index in [0.29, 0.717) is 6.61 Å². The molecule has 0 atom stereocenters. The quantitative estimate of drug-likeness (QED) is 0.800. The third-order valence-electron chi connectivity index (χ3n) is 2.17. The first-order chi connectivity index (χ1) is 6.88. The summed E-state index contributed by atoms with van der Waals surface area (Å²) in [6.07, 6.45) is -4.44. The lowest BCUT2D eigenvalue weighted by molar-refractivity contribution is -0.138. The third kappa shape index (κ3) is 2.50. The molecule has 1 aromatic rings. The minimum Gasteiger partial charge on any atom is -0.385 e. The fourth-order valence-electron chi connectivity index (χ4n) is 1.50. The van der Waals surface area contributed by atoms with E-state index in [9.17, 15) is 13.2 Å². The Morgan fingerprint density at radius 1 is 1.27 bits per heavy atom. The maximum absolute atomic E-state index is 12.7. The van der Waals surface area contributed by atoms with Crippen LogP contribution in [0, 0.1) is 6.61 Å². The van der Waals surface area contributed by atoms with Crippen molar-refractivity contribution in [1.82, 2.24) is 0 Å². The summed E-state index contributed by atoms with van der Waals surface area (Å²) in [5.41, 5.74) is -0.735. The molecule has 0 aliphatic heterocycles. The van der Waals surface area contributed by atoms with Crippen molar-refractivity contribution < 1.29 is 18.3 Å². The summed E-state index contributed by atoms with van der Waals surface area (Å²) in [5.74, 6) is -0.235. The van der Waals surface area contributed by atoms with Crippen LogP contribution >= 0.6 is 0 Å². The van der Waals surface area contributed by atoms with Gasteiger partial charge in [0.05, 0.1) is 5.56 Å². The Morgan fingerprint density at radius 3 is 2.27 bits per heavy atom. The molecule has 1 N–H and O–H groups in total. The van der Waals surface area contributed by atoms with Gasteiger partial charge in [0.25, 0.3) is 0 Å². The number of alkyl halides is 3. The lowest BCUT2D eigenvalue weighted by atomic mass is 9.93. The molecule has 1 rings (SSSR count). The van der Waals surface area contributed by atoms with Crippen molar-refractivity contribution in [3.63, 3.8) is 0 Å². The first-order valence-electron chi connectivity index (χ1n) is 4.55. The predicted molar refractivity (Wildman–Crippen MR) is 50.9 cm³/mol. The molecule has 0 amide bonds. The first kappa shape index (κ1) is 12.0. The van der Waals surface area contributed by atoms with E-state index < -0.39 is 11.7 Å². The van der Waals surface area contributed by atoms with E-state index in [1.54, 1.807) is 13.8 Å². The Labute approximate surface area is 86.5 Å². The van der Waals surface area contributed by atoms with Crippen molar-refractivity contribution in [2.45, 2.75) is 25.9 Å². The summed E-state index contributed by atoms with van der Waals surface area (Å²) in [7, 11) is 0. The molecule has 1 nitrogen and oxygen atoms in total. The molecule has 0 fully saturated rings. The second-order valence-electron chi connectivity index (χ2n) is 3.59. The maximum Gasteiger partial charge on any atom is 0.417 e. The largest absolute Gasteiger partial charge is 0.417 e. The molecule has 0 unspecified atom stereocenters. The van der Waals surface area contributed by atoms with Crippen LogP contribution in [-0.2, 0) is 6.18 Å². The average molecular weight is 217 g/mol. The van der Waals surface area contributed by atoms with Crippen molar-refractivity contribution in [2.24, 2.45) is 0 Å². The smallest absolute Gasteiger partial charge is 0.385 e. The molecule has 0 saturated carbocycles. The molecule has 0 spiro atoms. The lowest BCUT2D eigenvalue weighted by Crippen LogP contribution is -2.13. The molecule has 1 radical (unpaired) electrons. The maximum atomic E-state index is 12.7. The molecule has 0 aliphatic carbocycles. The number of halogens is 3. The minimum atomic E-state index is -4.44. The molecule has 0 bridgehead atoms. The zero-order valence-electron chi connectivity index (χ0n) is 8.47. The predicted octanol–water partition coefficient (Wildman–Crippen LogP) is 3.71. The van der Waals surface area contributed by atoms with Crippen molar-refractivity contribution in [3.8, 4) is 0 Å². The van der Waals surface area contributed by atoms with E-state index >= 15 is 0 Å². The van der Waals surface area contributed by atoms with Gasteiger partial charge in [-0.15, -0.1) is 0 Å². The average Bonchev–Trinajstić information content (AvgIpc) is 2.15. The van der Waals surface area contributed by atoms with Gasteiger partial charge in [-0.25, -0.2) is 0 Å². The van der Waals surface area contributed by atoms with E-state index in [1.807, 2.05) is 0 Å². The van der Waals surface area contributed by atoms with Gasteiger partial charge in [0, 0.05) is 0 Å². The Balaban J connectivity index is 3.41. The SMILES string of the molecule is CC(C)c1cccc([CH]O)c1C(F)(F)F. The summed E-state index contributed by atoms with van der Waals surface area (Å²) >= 11 is 0. The fraction of sp³-hybridized carbons (Fsp3) is 0.364. The molecule has 0 saturated heterocycles. The Kier molecular flexibility index (Phi) is 3.39. The van der Waals surface area contributed by atoms with Crippen LogP contribution in [0.15, 0.2) is 18.2 Å². The molecule has 4 heteroatoms. The van der Waals surface area contributed by atoms with Crippen LogP contribution in [0.4, 0.5) is 13.2 Å². The van der Waals surface area contributed by atoms with Gasteiger partial charge >= 0.3 is 6.18 Å². The number of aliphatic hydroxyl groups is 1. The number of rotatable bonds is 2. The van der Waals surface area contributed by atoms with Crippen LogP contribution in [0.1, 0.15) is 36.5 Å². The number of aliphatic hydroxyl groups excluding tert-OH is 1. The number of benzene rings is 1. The Morgan fingerprint density at radius 2 is 1.87 bits per heavy atom. The molecular weight excluding hydrogens is 205 g/mol. The van der Waals surface area contributed by atoms with E-state index in [0.717, 1.165) is 0 Å². The van der Waals surface area contributed by atoms with Gasteiger partial charge in [0.2, 0.25) is 0 Å². The zero-order chi connectivity index (χ0) is 11.6. The Bertz CT molecular complexity index is 342. The lowest BCUT2D eigenvalue weighted by Gasteiger charge is -2.18. The standard InChI is InChI=1S/C11H12F3O/c1-7(2)9-5-3-4-8(6-15)10(9)11(12,13)14/h3-7,15H,1-2H3. The molecule has 15 heavy (non-hydrogen) atoms. The minimum absolute atomic E-state index is 0.186. The topological polar surface area (TPSA) is 20.2 Å². The van der Waals surface area contributed by atoms with Crippen molar-refractivity contribution in [2.75, 3.05) is 0 Å². The second kappa shape index (κ2) is 4.23.